The standard InChI is InChI=1S/C9H20ClN3O2S/c1-9(2,3)8(12-10)7-13-6-4-5-11-16(13,14)15/h8,11-12H,4-7H2,1-3H3/t8-/m1/s1. The van der Waals surface area contributed by atoms with Gasteiger partial charge >= 0.3 is 0 Å². The third kappa shape index (κ3) is 3.56. The Morgan fingerprint density at radius 1 is 1.50 bits per heavy atom. The maximum absolute atomic E-state index is 11.7. The molecule has 0 aromatic carbocycles. The lowest BCUT2D eigenvalue weighted by atomic mass is 9.87. The van der Waals surface area contributed by atoms with Gasteiger partial charge in [-0.1, -0.05) is 20.8 Å². The third-order valence-electron chi connectivity index (χ3n) is 2.77. The van der Waals surface area contributed by atoms with E-state index in [0.29, 0.717) is 19.6 Å². The normalized spacial score (nSPS) is 24.2. The van der Waals surface area contributed by atoms with Gasteiger partial charge in [0.25, 0.3) is 10.2 Å². The van der Waals surface area contributed by atoms with E-state index in [9.17, 15) is 8.42 Å². The summed E-state index contributed by atoms with van der Waals surface area (Å²) in [5.41, 5.74) is -0.0886. The van der Waals surface area contributed by atoms with Crippen molar-refractivity contribution in [1.29, 1.82) is 0 Å². The average molecular weight is 270 g/mol. The molecule has 0 spiro atoms. The first-order valence-corrected chi connectivity index (χ1v) is 7.20. The molecule has 7 heteroatoms. The smallest absolute Gasteiger partial charge is 0.229 e. The number of halogens is 1. The molecule has 0 bridgehead atoms. The van der Waals surface area contributed by atoms with Crippen LogP contribution in [0.15, 0.2) is 0 Å². The summed E-state index contributed by atoms with van der Waals surface area (Å²) >= 11 is 5.67. The van der Waals surface area contributed by atoms with E-state index in [1.165, 1.54) is 4.31 Å². The number of nitrogens with zero attached hydrogens (tertiary/aromatic N) is 1. The Balaban J connectivity index is 2.71. The summed E-state index contributed by atoms with van der Waals surface area (Å²) in [5.74, 6) is 0. The predicted octanol–water partition coefficient (Wildman–Crippen LogP) is 0.685. The molecular formula is C9H20ClN3O2S. The molecule has 0 unspecified atom stereocenters. The molecule has 5 nitrogen and oxygen atoms in total. The van der Waals surface area contributed by atoms with Crippen molar-refractivity contribution >= 4 is 22.0 Å². The van der Waals surface area contributed by atoms with Crippen LogP contribution in [-0.2, 0) is 10.2 Å². The molecule has 1 atom stereocenters. The fourth-order valence-electron chi connectivity index (χ4n) is 1.53. The first kappa shape index (κ1) is 14.2. The van der Waals surface area contributed by atoms with Crippen LogP contribution < -0.4 is 9.56 Å². The summed E-state index contributed by atoms with van der Waals surface area (Å²) < 4.78 is 27.4. The molecule has 16 heavy (non-hydrogen) atoms. The lowest BCUT2D eigenvalue weighted by Gasteiger charge is -2.35. The van der Waals surface area contributed by atoms with Crippen molar-refractivity contribution in [3.05, 3.63) is 0 Å². The zero-order valence-corrected chi connectivity index (χ0v) is 11.5. The van der Waals surface area contributed by atoms with Gasteiger partial charge in [0.1, 0.15) is 0 Å². The third-order valence-corrected chi connectivity index (χ3v) is 4.62. The number of hydrogen-bond acceptors (Lipinski definition) is 3. The van der Waals surface area contributed by atoms with E-state index in [-0.39, 0.29) is 11.5 Å². The zero-order valence-electron chi connectivity index (χ0n) is 9.96. The molecular weight excluding hydrogens is 250 g/mol. The van der Waals surface area contributed by atoms with Crippen LogP contribution in [0, 0.1) is 5.41 Å². The first-order chi connectivity index (χ1) is 7.27. The minimum Gasteiger partial charge on any atom is -0.229 e. The van der Waals surface area contributed by atoms with Crippen LogP contribution in [0.25, 0.3) is 0 Å². The molecule has 1 saturated heterocycles. The second-order valence-corrected chi connectivity index (χ2v) is 7.11. The second kappa shape index (κ2) is 5.18. The van der Waals surface area contributed by atoms with Crippen molar-refractivity contribution in [2.24, 2.45) is 5.41 Å². The molecule has 1 aliphatic heterocycles. The molecule has 1 rings (SSSR count). The van der Waals surface area contributed by atoms with Gasteiger partial charge in [0.15, 0.2) is 0 Å². The van der Waals surface area contributed by atoms with Crippen LogP contribution in [0.3, 0.4) is 0 Å². The van der Waals surface area contributed by atoms with Crippen molar-refractivity contribution in [2.75, 3.05) is 19.6 Å². The highest BCUT2D eigenvalue weighted by atomic mass is 35.5. The maximum atomic E-state index is 11.7. The second-order valence-electron chi connectivity index (χ2n) is 5.14. The number of hydrogen-bond donors (Lipinski definition) is 2. The van der Waals surface area contributed by atoms with Gasteiger partial charge < -0.3 is 0 Å². The molecule has 0 amide bonds. The van der Waals surface area contributed by atoms with Crippen molar-refractivity contribution < 1.29 is 8.42 Å². The van der Waals surface area contributed by atoms with Gasteiger partial charge in [-0.15, -0.1) is 0 Å². The van der Waals surface area contributed by atoms with Crippen molar-refractivity contribution in [3.8, 4) is 0 Å². The van der Waals surface area contributed by atoms with E-state index in [1.54, 1.807) is 0 Å². The van der Waals surface area contributed by atoms with Crippen molar-refractivity contribution in [2.45, 2.75) is 33.2 Å². The van der Waals surface area contributed by atoms with Gasteiger partial charge in [-0.25, -0.2) is 9.56 Å². The van der Waals surface area contributed by atoms with Crippen molar-refractivity contribution in [1.82, 2.24) is 13.9 Å². The Bertz CT molecular complexity index is 326. The summed E-state index contributed by atoms with van der Waals surface area (Å²) in [4.78, 5) is 2.67. The SMILES string of the molecule is CC(C)(C)[C@@H](CN1CCCNS1(=O)=O)NCl. The molecule has 0 aromatic rings. The zero-order chi connectivity index (χ0) is 12.4. The van der Waals surface area contributed by atoms with Crippen LogP contribution in [0.4, 0.5) is 0 Å². The van der Waals surface area contributed by atoms with E-state index in [4.69, 9.17) is 11.8 Å². The van der Waals surface area contributed by atoms with Crippen LogP contribution in [0.2, 0.25) is 0 Å². The summed E-state index contributed by atoms with van der Waals surface area (Å²) in [5, 5.41) is 0. The summed E-state index contributed by atoms with van der Waals surface area (Å²) in [6.45, 7) is 7.54. The Hall–Kier alpha value is 0.120. The highest BCUT2D eigenvalue weighted by molar-refractivity contribution is 7.87. The quantitative estimate of drug-likeness (QED) is 0.741. The Morgan fingerprint density at radius 3 is 2.56 bits per heavy atom. The summed E-state index contributed by atoms with van der Waals surface area (Å²) in [6, 6.07) is -0.0798. The van der Waals surface area contributed by atoms with Crippen LogP contribution >= 0.6 is 11.8 Å². The molecule has 0 radical (unpaired) electrons. The van der Waals surface area contributed by atoms with Crippen molar-refractivity contribution in [3.63, 3.8) is 0 Å². The molecule has 0 aliphatic carbocycles. The fourth-order valence-corrected chi connectivity index (χ4v) is 3.23. The maximum Gasteiger partial charge on any atom is 0.279 e. The summed E-state index contributed by atoms with van der Waals surface area (Å²) in [6.07, 6.45) is 0.832. The molecule has 1 heterocycles. The molecule has 0 saturated carbocycles. The van der Waals surface area contributed by atoms with Gasteiger partial charge in [-0.3, -0.25) is 0 Å². The number of nitrogens with one attached hydrogen (secondary N) is 2. The number of rotatable bonds is 3. The average Bonchev–Trinajstić information content (AvgIpc) is 2.13. The van der Waals surface area contributed by atoms with Gasteiger partial charge in [0, 0.05) is 25.7 Å². The Labute approximate surface area is 103 Å². The lowest BCUT2D eigenvalue weighted by Crippen LogP contribution is -2.53. The van der Waals surface area contributed by atoms with Crippen LogP contribution in [0.5, 0.6) is 0 Å². The molecule has 96 valence electrons. The van der Waals surface area contributed by atoms with Gasteiger partial charge in [0.05, 0.1) is 0 Å². The van der Waals surface area contributed by atoms with Gasteiger partial charge in [0.2, 0.25) is 0 Å². The van der Waals surface area contributed by atoms with E-state index in [2.05, 4.69) is 9.56 Å². The minimum atomic E-state index is -3.30. The predicted molar refractivity (Wildman–Crippen MR) is 65.3 cm³/mol. The first-order valence-electron chi connectivity index (χ1n) is 5.38. The highest BCUT2D eigenvalue weighted by Crippen LogP contribution is 2.22. The van der Waals surface area contributed by atoms with E-state index in [1.807, 2.05) is 20.8 Å². The van der Waals surface area contributed by atoms with Gasteiger partial charge in [-0.05, 0) is 23.6 Å². The van der Waals surface area contributed by atoms with E-state index < -0.39 is 10.2 Å². The molecule has 1 fully saturated rings. The fraction of sp³-hybridized carbons (Fsp3) is 1.00. The largest absolute Gasteiger partial charge is 0.279 e. The lowest BCUT2D eigenvalue weighted by molar-refractivity contribution is 0.242. The topological polar surface area (TPSA) is 61.4 Å². The Kier molecular flexibility index (Phi) is 4.59. The molecule has 2 N–H and O–H groups in total. The molecule has 0 aromatic heterocycles. The summed E-state index contributed by atoms with van der Waals surface area (Å²) in [7, 11) is -3.30. The van der Waals surface area contributed by atoms with E-state index >= 15 is 0 Å². The van der Waals surface area contributed by atoms with Gasteiger partial charge in [-0.2, -0.15) is 12.7 Å². The van der Waals surface area contributed by atoms with Crippen LogP contribution in [0.1, 0.15) is 27.2 Å². The highest BCUT2D eigenvalue weighted by Gasteiger charge is 2.32. The monoisotopic (exact) mass is 269 g/mol. The van der Waals surface area contributed by atoms with E-state index in [0.717, 1.165) is 6.42 Å². The molecule has 1 aliphatic rings. The van der Waals surface area contributed by atoms with Crippen LogP contribution in [-0.4, -0.2) is 38.4 Å². The minimum absolute atomic E-state index is 0.0798. The Morgan fingerprint density at radius 2 is 2.12 bits per heavy atom.